The molecular formula is C12H17N5. The fourth-order valence-electron chi connectivity index (χ4n) is 2.31. The Kier molecular flexibility index (Phi) is 2.92. The van der Waals surface area contributed by atoms with Gasteiger partial charge in [-0.15, -0.1) is 0 Å². The minimum Gasteiger partial charge on any atom is -0.367 e. The van der Waals surface area contributed by atoms with Gasteiger partial charge in [0.1, 0.15) is 5.52 Å². The summed E-state index contributed by atoms with van der Waals surface area (Å²) >= 11 is 0. The first-order chi connectivity index (χ1) is 8.43. The minimum atomic E-state index is 0.564. The molecule has 3 heterocycles. The van der Waals surface area contributed by atoms with Gasteiger partial charge in [-0.05, 0) is 25.5 Å². The van der Waals surface area contributed by atoms with Gasteiger partial charge in [0, 0.05) is 25.0 Å². The lowest BCUT2D eigenvalue weighted by molar-refractivity contribution is 0.414. The molecule has 1 aliphatic heterocycles. The number of nitrogens with one attached hydrogen (secondary N) is 2. The minimum absolute atomic E-state index is 0.564. The van der Waals surface area contributed by atoms with Crippen LogP contribution in [0.3, 0.4) is 0 Å². The summed E-state index contributed by atoms with van der Waals surface area (Å²) in [6.45, 7) is 2.06. The Morgan fingerprint density at radius 2 is 2.41 bits per heavy atom. The van der Waals surface area contributed by atoms with Crippen molar-refractivity contribution >= 4 is 11.3 Å². The van der Waals surface area contributed by atoms with Crippen molar-refractivity contribution < 1.29 is 0 Å². The molecule has 90 valence electrons. The summed E-state index contributed by atoms with van der Waals surface area (Å²) in [4.78, 5) is 4.36. The standard InChI is InChI=1S/C12H17N5/c1-2-5-13-10(3-1)9-15-12-11-4-6-16-17(11)8-7-14-12/h4,6-8,10,13H,1-3,5,9H2,(H,14,15). The summed E-state index contributed by atoms with van der Waals surface area (Å²) in [5.41, 5.74) is 1.03. The predicted molar refractivity (Wildman–Crippen MR) is 67.1 cm³/mol. The number of fused-ring (bicyclic) bond motifs is 1. The zero-order chi connectivity index (χ0) is 11.5. The first-order valence-corrected chi connectivity index (χ1v) is 6.19. The maximum Gasteiger partial charge on any atom is 0.152 e. The average molecular weight is 231 g/mol. The van der Waals surface area contributed by atoms with E-state index in [9.17, 15) is 0 Å². The summed E-state index contributed by atoms with van der Waals surface area (Å²) in [7, 11) is 0. The van der Waals surface area contributed by atoms with Gasteiger partial charge in [-0.2, -0.15) is 5.10 Å². The van der Waals surface area contributed by atoms with Crippen molar-refractivity contribution in [2.75, 3.05) is 18.4 Å². The maximum absolute atomic E-state index is 4.36. The van der Waals surface area contributed by atoms with E-state index in [0.29, 0.717) is 6.04 Å². The van der Waals surface area contributed by atoms with E-state index in [1.807, 2.05) is 16.8 Å². The molecule has 2 aromatic rings. The second kappa shape index (κ2) is 4.71. The van der Waals surface area contributed by atoms with E-state index in [0.717, 1.165) is 24.4 Å². The zero-order valence-electron chi connectivity index (χ0n) is 9.76. The molecule has 0 aromatic carbocycles. The third kappa shape index (κ3) is 2.24. The zero-order valence-corrected chi connectivity index (χ0v) is 9.76. The molecule has 3 rings (SSSR count). The van der Waals surface area contributed by atoms with Gasteiger partial charge in [0.25, 0.3) is 0 Å². The van der Waals surface area contributed by atoms with Gasteiger partial charge in [0.05, 0.1) is 6.20 Å². The predicted octanol–water partition coefficient (Wildman–Crippen LogP) is 1.28. The molecule has 0 aliphatic carbocycles. The molecule has 1 unspecified atom stereocenters. The molecule has 0 amide bonds. The Bertz CT molecular complexity index is 486. The Balaban J connectivity index is 1.69. The van der Waals surface area contributed by atoms with Crippen molar-refractivity contribution in [1.29, 1.82) is 0 Å². The van der Waals surface area contributed by atoms with Gasteiger partial charge in [0.15, 0.2) is 5.82 Å². The van der Waals surface area contributed by atoms with Crippen molar-refractivity contribution in [2.45, 2.75) is 25.3 Å². The highest BCUT2D eigenvalue weighted by molar-refractivity contribution is 5.66. The number of anilines is 1. The van der Waals surface area contributed by atoms with Crippen LogP contribution in [0.4, 0.5) is 5.82 Å². The van der Waals surface area contributed by atoms with Crippen molar-refractivity contribution in [3.63, 3.8) is 0 Å². The lowest BCUT2D eigenvalue weighted by Gasteiger charge is -2.23. The number of hydrogen-bond acceptors (Lipinski definition) is 4. The first-order valence-electron chi connectivity index (χ1n) is 6.19. The van der Waals surface area contributed by atoms with Crippen LogP contribution in [-0.2, 0) is 0 Å². The second-order valence-corrected chi connectivity index (χ2v) is 4.46. The SMILES string of the molecule is c1cn2nccc2c(NCC2CCCCN2)n1. The van der Waals surface area contributed by atoms with Crippen molar-refractivity contribution in [3.8, 4) is 0 Å². The monoisotopic (exact) mass is 231 g/mol. The molecule has 0 spiro atoms. The molecule has 1 saturated heterocycles. The van der Waals surface area contributed by atoms with Crippen molar-refractivity contribution in [2.24, 2.45) is 0 Å². The highest BCUT2D eigenvalue weighted by Crippen LogP contribution is 2.13. The number of hydrogen-bond donors (Lipinski definition) is 2. The van der Waals surface area contributed by atoms with Crippen LogP contribution >= 0.6 is 0 Å². The molecule has 0 bridgehead atoms. The van der Waals surface area contributed by atoms with Crippen LogP contribution in [0.25, 0.3) is 5.52 Å². The van der Waals surface area contributed by atoms with E-state index in [1.54, 1.807) is 12.4 Å². The number of aromatic nitrogens is 3. The summed E-state index contributed by atoms with van der Waals surface area (Å²) in [6, 6.07) is 2.54. The van der Waals surface area contributed by atoms with E-state index in [-0.39, 0.29) is 0 Å². The van der Waals surface area contributed by atoms with Gasteiger partial charge < -0.3 is 10.6 Å². The molecule has 1 fully saturated rings. The smallest absolute Gasteiger partial charge is 0.152 e. The van der Waals surface area contributed by atoms with Crippen LogP contribution in [0.2, 0.25) is 0 Å². The fraction of sp³-hybridized carbons (Fsp3) is 0.500. The van der Waals surface area contributed by atoms with E-state index in [4.69, 9.17) is 0 Å². The van der Waals surface area contributed by atoms with E-state index in [1.165, 1.54) is 19.3 Å². The first kappa shape index (κ1) is 10.5. The fourth-order valence-corrected chi connectivity index (χ4v) is 2.31. The molecule has 5 heteroatoms. The quantitative estimate of drug-likeness (QED) is 0.835. The topological polar surface area (TPSA) is 54.2 Å². The summed E-state index contributed by atoms with van der Waals surface area (Å²) < 4.78 is 1.84. The molecule has 0 saturated carbocycles. The molecule has 2 aromatic heterocycles. The lowest BCUT2D eigenvalue weighted by atomic mass is 10.1. The van der Waals surface area contributed by atoms with E-state index < -0.39 is 0 Å². The van der Waals surface area contributed by atoms with Crippen molar-refractivity contribution in [3.05, 3.63) is 24.7 Å². The van der Waals surface area contributed by atoms with Crippen LogP contribution in [0, 0.1) is 0 Å². The second-order valence-electron chi connectivity index (χ2n) is 4.46. The Morgan fingerprint density at radius 3 is 3.29 bits per heavy atom. The molecule has 0 radical (unpaired) electrons. The summed E-state index contributed by atoms with van der Waals surface area (Å²) in [5, 5.41) is 11.1. The van der Waals surface area contributed by atoms with Gasteiger partial charge in [-0.25, -0.2) is 9.50 Å². The highest BCUT2D eigenvalue weighted by atomic mass is 15.2. The number of nitrogens with zero attached hydrogens (tertiary/aromatic N) is 3. The maximum atomic E-state index is 4.36. The highest BCUT2D eigenvalue weighted by Gasteiger charge is 2.12. The number of rotatable bonds is 3. The Hall–Kier alpha value is -1.62. The largest absolute Gasteiger partial charge is 0.367 e. The molecule has 1 atom stereocenters. The van der Waals surface area contributed by atoms with Crippen molar-refractivity contribution in [1.82, 2.24) is 19.9 Å². The Labute approximate surface area is 100 Å². The van der Waals surface area contributed by atoms with Gasteiger partial charge in [-0.1, -0.05) is 6.42 Å². The van der Waals surface area contributed by atoms with Gasteiger partial charge >= 0.3 is 0 Å². The third-order valence-electron chi connectivity index (χ3n) is 3.25. The summed E-state index contributed by atoms with van der Waals surface area (Å²) in [5.74, 6) is 0.914. The van der Waals surface area contributed by atoms with Gasteiger partial charge in [0.2, 0.25) is 0 Å². The Morgan fingerprint density at radius 1 is 1.41 bits per heavy atom. The normalized spacial score (nSPS) is 20.6. The molecule has 1 aliphatic rings. The summed E-state index contributed by atoms with van der Waals surface area (Å²) in [6.07, 6.45) is 9.29. The molecule has 17 heavy (non-hydrogen) atoms. The van der Waals surface area contributed by atoms with Gasteiger partial charge in [-0.3, -0.25) is 0 Å². The third-order valence-corrected chi connectivity index (χ3v) is 3.25. The van der Waals surface area contributed by atoms with Crippen LogP contribution in [0.15, 0.2) is 24.7 Å². The van der Waals surface area contributed by atoms with Crippen LogP contribution in [0.5, 0.6) is 0 Å². The van der Waals surface area contributed by atoms with Crippen LogP contribution < -0.4 is 10.6 Å². The van der Waals surface area contributed by atoms with E-state index in [2.05, 4.69) is 20.7 Å². The number of piperidine rings is 1. The van der Waals surface area contributed by atoms with Crippen LogP contribution in [0.1, 0.15) is 19.3 Å². The van der Waals surface area contributed by atoms with E-state index >= 15 is 0 Å². The molecule has 5 nitrogen and oxygen atoms in total. The average Bonchev–Trinajstić information content (AvgIpc) is 2.86. The molecule has 2 N–H and O–H groups in total. The molecular weight excluding hydrogens is 214 g/mol. The lowest BCUT2D eigenvalue weighted by Crippen LogP contribution is -2.39. The van der Waals surface area contributed by atoms with Crippen LogP contribution in [-0.4, -0.2) is 33.7 Å².